The Morgan fingerprint density at radius 3 is 2.34 bits per heavy atom. The van der Waals surface area contributed by atoms with Crippen LogP contribution in [-0.4, -0.2) is 35.9 Å². The smallest absolute Gasteiger partial charge is 0.242 e. The van der Waals surface area contributed by atoms with Gasteiger partial charge in [-0.15, -0.1) is 0 Å². The molecule has 0 aromatic heterocycles. The fourth-order valence-electron chi connectivity index (χ4n) is 3.07. The topological polar surface area (TPSA) is 58.6 Å². The van der Waals surface area contributed by atoms with Crippen molar-refractivity contribution in [3.63, 3.8) is 0 Å². The molecule has 5 nitrogen and oxygen atoms in total. The van der Waals surface area contributed by atoms with Crippen LogP contribution in [-0.2, 0) is 22.6 Å². The molecule has 2 aromatic rings. The third-order valence-corrected chi connectivity index (χ3v) is 5.12. The number of methoxy groups -OCH3 is 1. The van der Waals surface area contributed by atoms with Crippen LogP contribution in [0.1, 0.15) is 43.9 Å². The Morgan fingerprint density at radius 1 is 1.07 bits per heavy atom. The number of hydrogen-bond donors (Lipinski definition) is 1. The highest BCUT2D eigenvalue weighted by molar-refractivity contribution is 5.88. The minimum atomic E-state index is -0.560. The van der Waals surface area contributed by atoms with E-state index in [4.69, 9.17) is 4.74 Å². The lowest BCUT2D eigenvalue weighted by Crippen LogP contribution is -2.49. The first-order valence-electron chi connectivity index (χ1n) is 10.1. The monoisotopic (exact) mass is 396 g/mol. The average Bonchev–Trinajstić information content (AvgIpc) is 2.71. The maximum absolute atomic E-state index is 13.2. The van der Waals surface area contributed by atoms with Crippen molar-refractivity contribution in [2.75, 3.05) is 7.11 Å². The lowest BCUT2D eigenvalue weighted by atomic mass is 10.1. The number of benzene rings is 2. The number of carbonyl (C=O) groups excluding carboxylic acids is 2. The molecule has 0 aliphatic carbocycles. The molecule has 5 heteroatoms. The Morgan fingerprint density at radius 2 is 1.76 bits per heavy atom. The van der Waals surface area contributed by atoms with Crippen LogP contribution in [0.2, 0.25) is 0 Å². The average molecular weight is 397 g/mol. The van der Waals surface area contributed by atoms with E-state index in [9.17, 15) is 9.59 Å². The summed E-state index contributed by atoms with van der Waals surface area (Å²) in [5.41, 5.74) is 3.03. The highest BCUT2D eigenvalue weighted by atomic mass is 16.5. The predicted molar refractivity (Wildman–Crippen MR) is 116 cm³/mol. The molecule has 1 N–H and O–H groups in total. The first-order valence-corrected chi connectivity index (χ1v) is 10.1. The molecule has 2 amide bonds. The van der Waals surface area contributed by atoms with Crippen LogP contribution < -0.4 is 10.1 Å². The summed E-state index contributed by atoms with van der Waals surface area (Å²) in [4.78, 5) is 27.6. The summed E-state index contributed by atoms with van der Waals surface area (Å²) in [5.74, 6) is 0.540. The molecule has 0 aliphatic rings. The molecular weight excluding hydrogens is 364 g/mol. The summed E-state index contributed by atoms with van der Waals surface area (Å²) in [6, 6.07) is 15.0. The number of nitrogens with one attached hydrogen (secondary N) is 1. The Balaban J connectivity index is 2.21. The predicted octanol–water partition coefficient (Wildman–Crippen LogP) is 3.88. The molecule has 0 saturated heterocycles. The molecule has 0 unspecified atom stereocenters. The van der Waals surface area contributed by atoms with E-state index in [1.54, 1.807) is 18.9 Å². The molecule has 2 aromatic carbocycles. The summed E-state index contributed by atoms with van der Waals surface area (Å²) < 4.78 is 5.18. The SMILES string of the molecule is CC[C@H](C)NC(=O)[C@H](C)N(Cc1cccc(C)c1)C(=O)Cc1ccc(OC)cc1. The van der Waals surface area contributed by atoms with Gasteiger partial charge in [-0.25, -0.2) is 0 Å². The van der Waals surface area contributed by atoms with Crippen molar-refractivity contribution in [2.45, 2.75) is 59.2 Å². The minimum absolute atomic E-state index is 0.0717. The molecule has 156 valence electrons. The van der Waals surface area contributed by atoms with Crippen LogP contribution in [0.4, 0.5) is 0 Å². The van der Waals surface area contributed by atoms with Crippen LogP contribution in [0.3, 0.4) is 0 Å². The fraction of sp³-hybridized carbons (Fsp3) is 0.417. The molecule has 0 heterocycles. The van der Waals surface area contributed by atoms with Crippen molar-refractivity contribution in [1.82, 2.24) is 10.2 Å². The van der Waals surface area contributed by atoms with Crippen LogP contribution in [0, 0.1) is 6.92 Å². The number of carbonyl (C=O) groups is 2. The maximum atomic E-state index is 13.2. The van der Waals surface area contributed by atoms with Crippen molar-refractivity contribution in [1.29, 1.82) is 0 Å². The molecule has 0 saturated carbocycles. The number of hydrogen-bond acceptors (Lipinski definition) is 3. The molecule has 29 heavy (non-hydrogen) atoms. The Labute approximate surface area is 174 Å². The van der Waals surface area contributed by atoms with Crippen molar-refractivity contribution >= 4 is 11.8 Å². The van der Waals surface area contributed by atoms with Gasteiger partial charge in [0, 0.05) is 12.6 Å². The molecule has 0 radical (unpaired) electrons. The zero-order valence-electron chi connectivity index (χ0n) is 18.1. The van der Waals surface area contributed by atoms with E-state index in [-0.39, 0.29) is 24.3 Å². The largest absolute Gasteiger partial charge is 0.497 e. The van der Waals surface area contributed by atoms with Gasteiger partial charge in [-0.1, -0.05) is 48.9 Å². The second-order valence-electron chi connectivity index (χ2n) is 7.53. The van der Waals surface area contributed by atoms with E-state index in [0.29, 0.717) is 6.54 Å². The third-order valence-electron chi connectivity index (χ3n) is 5.12. The molecule has 2 rings (SSSR count). The molecule has 0 fully saturated rings. The van der Waals surface area contributed by atoms with Gasteiger partial charge < -0.3 is 15.0 Å². The van der Waals surface area contributed by atoms with Crippen LogP contribution in [0.15, 0.2) is 48.5 Å². The van der Waals surface area contributed by atoms with Crippen LogP contribution in [0.25, 0.3) is 0 Å². The lowest BCUT2D eigenvalue weighted by Gasteiger charge is -2.30. The second kappa shape index (κ2) is 10.6. The van der Waals surface area contributed by atoms with E-state index in [2.05, 4.69) is 5.32 Å². The Bertz CT molecular complexity index is 817. The Hall–Kier alpha value is -2.82. The first-order chi connectivity index (χ1) is 13.8. The number of aryl methyl sites for hydroxylation is 1. The molecule has 0 spiro atoms. The van der Waals surface area contributed by atoms with Crippen molar-refractivity contribution < 1.29 is 14.3 Å². The van der Waals surface area contributed by atoms with Crippen LogP contribution in [0.5, 0.6) is 5.75 Å². The van der Waals surface area contributed by atoms with Crippen molar-refractivity contribution in [2.24, 2.45) is 0 Å². The highest BCUT2D eigenvalue weighted by Crippen LogP contribution is 2.16. The Kier molecular flexibility index (Phi) is 8.25. The summed E-state index contributed by atoms with van der Waals surface area (Å²) in [7, 11) is 1.61. The molecule has 0 bridgehead atoms. The van der Waals surface area contributed by atoms with Gasteiger partial charge in [0.15, 0.2) is 0 Å². The zero-order chi connectivity index (χ0) is 21.4. The van der Waals surface area contributed by atoms with Crippen LogP contribution >= 0.6 is 0 Å². The number of ether oxygens (including phenoxy) is 1. The minimum Gasteiger partial charge on any atom is -0.497 e. The summed E-state index contributed by atoms with van der Waals surface area (Å²) >= 11 is 0. The normalized spacial score (nSPS) is 12.7. The third kappa shape index (κ3) is 6.63. The van der Waals surface area contributed by atoms with E-state index >= 15 is 0 Å². The molecule has 0 aliphatic heterocycles. The van der Waals surface area contributed by atoms with E-state index in [1.807, 2.05) is 69.3 Å². The highest BCUT2D eigenvalue weighted by Gasteiger charge is 2.26. The zero-order valence-corrected chi connectivity index (χ0v) is 18.1. The number of amides is 2. The van der Waals surface area contributed by atoms with E-state index in [1.165, 1.54) is 0 Å². The second-order valence-corrected chi connectivity index (χ2v) is 7.53. The standard InChI is InChI=1S/C24H32N2O3/c1-6-18(3)25-24(28)19(4)26(16-21-9-7-8-17(2)14-21)23(27)15-20-10-12-22(29-5)13-11-20/h7-14,18-19H,6,15-16H2,1-5H3,(H,25,28)/t18-,19-/m0/s1. The molecular formula is C24H32N2O3. The van der Waals surface area contributed by atoms with Gasteiger partial charge in [0.1, 0.15) is 11.8 Å². The number of nitrogens with zero attached hydrogens (tertiary/aromatic N) is 1. The number of rotatable bonds is 9. The maximum Gasteiger partial charge on any atom is 0.242 e. The fourth-order valence-corrected chi connectivity index (χ4v) is 3.07. The van der Waals surface area contributed by atoms with Gasteiger partial charge in [-0.05, 0) is 50.5 Å². The van der Waals surface area contributed by atoms with E-state index in [0.717, 1.165) is 28.9 Å². The quantitative estimate of drug-likeness (QED) is 0.700. The van der Waals surface area contributed by atoms with Gasteiger partial charge in [0.25, 0.3) is 0 Å². The van der Waals surface area contributed by atoms with E-state index < -0.39 is 6.04 Å². The molecule has 2 atom stereocenters. The van der Waals surface area contributed by atoms with Gasteiger partial charge in [-0.3, -0.25) is 9.59 Å². The van der Waals surface area contributed by atoms with Gasteiger partial charge in [0.05, 0.1) is 13.5 Å². The summed E-state index contributed by atoms with van der Waals surface area (Å²) in [6.45, 7) is 8.20. The van der Waals surface area contributed by atoms with Crippen molar-refractivity contribution in [3.05, 3.63) is 65.2 Å². The van der Waals surface area contributed by atoms with Gasteiger partial charge in [-0.2, -0.15) is 0 Å². The van der Waals surface area contributed by atoms with Gasteiger partial charge >= 0.3 is 0 Å². The first kappa shape index (κ1) is 22.5. The van der Waals surface area contributed by atoms with Crippen molar-refractivity contribution in [3.8, 4) is 5.75 Å². The summed E-state index contributed by atoms with van der Waals surface area (Å²) in [6.07, 6.45) is 1.08. The summed E-state index contributed by atoms with van der Waals surface area (Å²) in [5, 5.41) is 2.99. The lowest BCUT2D eigenvalue weighted by molar-refractivity contribution is -0.140. The van der Waals surface area contributed by atoms with Gasteiger partial charge in [0.2, 0.25) is 11.8 Å².